The third kappa shape index (κ3) is 4.50. The van der Waals surface area contributed by atoms with Gasteiger partial charge in [0.05, 0.1) is 12.0 Å². The van der Waals surface area contributed by atoms with Gasteiger partial charge in [-0.25, -0.2) is 0 Å². The summed E-state index contributed by atoms with van der Waals surface area (Å²) in [6, 6.07) is 7.95. The van der Waals surface area contributed by atoms with Crippen molar-refractivity contribution in [3.05, 3.63) is 34.9 Å². The fourth-order valence-electron chi connectivity index (χ4n) is 2.50. The molecule has 3 nitrogen and oxygen atoms in total. The Morgan fingerprint density at radius 3 is 2.45 bits per heavy atom. The zero-order valence-corrected chi connectivity index (χ0v) is 12.9. The molecule has 0 bridgehead atoms. The van der Waals surface area contributed by atoms with Gasteiger partial charge in [0.25, 0.3) is 0 Å². The van der Waals surface area contributed by atoms with E-state index in [2.05, 4.69) is 17.0 Å². The summed E-state index contributed by atoms with van der Waals surface area (Å²) in [5.74, 6) is 0.0324. The summed E-state index contributed by atoms with van der Waals surface area (Å²) in [6.07, 6.45) is 1.76. The van der Waals surface area contributed by atoms with E-state index >= 15 is 0 Å². The van der Waals surface area contributed by atoms with Crippen LogP contribution in [0.5, 0.6) is 0 Å². The van der Waals surface area contributed by atoms with E-state index in [0.29, 0.717) is 0 Å². The number of ether oxygens (including phenoxy) is 1. The average Bonchev–Trinajstić information content (AvgIpc) is 2.41. The van der Waals surface area contributed by atoms with Gasteiger partial charge in [-0.15, -0.1) is 0 Å². The highest BCUT2D eigenvalue weighted by Gasteiger charge is 2.26. The molecule has 0 aliphatic carbocycles. The predicted molar refractivity (Wildman–Crippen MR) is 80.7 cm³/mol. The first-order chi connectivity index (χ1) is 9.54. The van der Waals surface area contributed by atoms with Crippen molar-refractivity contribution in [2.75, 3.05) is 13.1 Å². The molecule has 1 fully saturated rings. The summed E-state index contributed by atoms with van der Waals surface area (Å²) in [7, 11) is 0. The lowest BCUT2D eigenvalue weighted by Crippen LogP contribution is -2.37. The maximum absolute atomic E-state index is 11.9. The Morgan fingerprint density at radius 2 is 1.90 bits per heavy atom. The van der Waals surface area contributed by atoms with Crippen molar-refractivity contribution in [1.29, 1.82) is 0 Å². The maximum atomic E-state index is 11.9. The van der Waals surface area contributed by atoms with Crippen LogP contribution in [-0.4, -0.2) is 30.1 Å². The molecule has 4 heteroatoms. The van der Waals surface area contributed by atoms with Crippen LogP contribution in [-0.2, 0) is 16.1 Å². The molecular formula is C16H22ClNO2. The van der Waals surface area contributed by atoms with E-state index in [9.17, 15) is 4.79 Å². The molecule has 0 spiro atoms. The van der Waals surface area contributed by atoms with Crippen molar-refractivity contribution < 1.29 is 9.53 Å². The van der Waals surface area contributed by atoms with Gasteiger partial charge in [0.15, 0.2) is 0 Å². The normalized spacial score (nSPS) is 17.4. The van der Waals surface area contributed by atoms with Gasteiger partial charge in [-0.05, 0) is 57.5 Å². The fraction of sp³-hybridized carbons (Fsp3) is 0.562. The first-order valence-electron chi connectivity index (χ1n) is 7.22. The molecule has 0 saturated carbocycles. The second-order valence-electron chi connectivity index (χ2n) is 5.66. The van der Waals surface area contributed by atoms with Crippen LogP contribution in [0.15, 0.2) is 24.3 Å². The highest BCUT2D eigenvalue weighted by molar-refractivity contribution is 6.30. The van der Waals surface area contributed by atoms with Crippen molar-refractivity contribution in [1.82, 2.24) is 4.90 Å². The number of hydrogen-bond donors (Lipinski definition) is 0. The molecular weight excluding hydrogens is 274 g/mol. The monoisotopic (exact) mass is 295 g/mol. The summed E-state index contributed by atoms with van der Waals surface area (Å²) in [5, 5.41) is 0.767. The van der Waals surface area contributed by atoms with E-state index in [1.165, 1.54) is 5.56 Å². The van der Waals surface area contributed by atoms with Gasteiger partial charge in [-0.2, -0.15) is 0 Å². The number of halogens is 1. The lowest BCUT2D eigenvalue weighted by Gasteiger charge is -2.31. The number of rotatable bonds is 4. The van der Waals surface area contributed by atoms with Crippen LogP contribution >= 0.6 is 11.6 Å². The number of carbonyl (C=O) groups excluding carboxylic acids is 1. The van der Waals surface area contributed by atoms with Gasteiger partial charge in [-0.1, -0.05) is 23.7 Å². The van der Waals surface area contributed by atoms with Crippen LogP contribution in [0.2, 0.25) is 5.02 Å². The second kappa shape index (κ2) is 7.09. The smallest absolute Gasteiger partial charge is 0.309 e. The second-order valence-corrected chi connectivity index (χ2v) is 6.10. The molecule has 1 saturated heterocycles. The maximum Gasteiger partial charge on any atom is 0.309 e. The van der Waals surface area contributed by atoms with Crippen LogP contribution in [0.3, 0.4) is 0 Å². The van der Waals surface area contributed by atoms with Gasteiger partial charge in [-0.3, -0.25) is 9.69 Å². The molecule has 0 N–H and O–H groups in total. The molecule has 20 heavy (non-hydrogen) atoms. The van der Waals surface area contributed by atoms with E-state index in [1.54, 1.807) is 0 Å². The number of nitrogens with zero attached hydrogens (tertiary/aromatic N) is 1. The van der Waals surface area contributed by atoms with E-state index in [1.807, 2.05) is 26.0 Å². The molecule has 2 rings (SSSR count). The van der Waals surface area contributed by atoms with E-state index < -0.39 is 0 Å². The van der Waals surface area contributed by atoms with Gasteiger partial charge >= 0.3 is 5.97 Å². The molecule has 0 radical (unpaired) electrons. The van der Waals surface area contributed by atoms with Crippen molar-refractivity contribution >= 4 is 17.6 Å². The van der Waals surface area contributed by atoms with Gasteiger partial charge < -0.3 is 4.74 Å². The van der Waals surface area contributed by atoms with Crippen molar-refractivity contribution in [3.8, 4) is 0 Å². The van der Waals surface area contributed by atoms with Crippen molar-refractivity contribution in [2.45, 2.75) is 39.3 Å². The van der Waals surface area contributed by atoms with Crippen LogP contribution in [0, 0.1) is 5.92 Å². The number of benzene rings is 1. The summed E-state index contributed by atoms with van der Waals surface area (Å²) >= 11 is 5.88. The largest absolute Gasteiger partial charge is 0.463 e. The molecule has 1 aromatic carbocycles. The number of hydrogen-bond acceptors (Lipinski definition) is 3. The number of likely N-dealkylation sites (tertiary alicyclic amines) is 1. The number of piperidine rings is 1. The zero-order chi connectivity index (χ0) is 14.5. The molecule has 0 aromatic heterocycles. The third-order valence-corrected chi connectivity index (χ3v) is 3.84. The topological polar surface area (TPSA) is 29.5 Å². The molecule has 0 unspecified atom stereocenters. The minimum atomic E-state index is -0.0360. The summed E-state index contributed by atoms with van der Waals surface area (Å²) < 4.78 is 5.28. The van der Waals surface area contributed by atoms with Crippen LogP contribution in [0.25, 0.3) is 0 Å². The Hall–Kier alpha value is -1.06. The Bertz CT molecular complexity index is 436. The molecule has 1 aliphatic heterocycles. The quantitative estimate of drug-likeness (QED) is 0.796. The molecule has 0 atom stereocenters. The van der Waals surface area contributed by atoms with E-state index in [4.69, 9.17) is 16.3 Å². The van der Waals surface area contributed by atoms with Crippen molar-refractivity contribution in [3.63, 3.8) is 0 Å². The Morgan fingerprint density at radius 1 is 1.30 bits per heavy atom. The van der Waals surface area contributed by atoms with Crippen LogP contribution in [0.4, 0.5) is 0 Å². The van der Waals surface area contributed by atoms with Crippen molar-refractivity contribution in [2.24, 2.45) is 5.92 Å². The standard InChI is InChI=1S/C16H22ClNO2/c1-12(2)20-16(19)14-7-9-18(10-8-14)11-13-3-5-15(17)6-4-13/h3-6,12,14H,7-11H2,1-2H3. The Kier molecular flexibility index (Phi) is 5.44. The lowest BCUT2D eigenvalue weighted by molar-refractivity contribution is -0.154. The van der Waals surface area contributed by atoms with E-state index in [-0.39, 0.29) is 18.0 Å². The van der Waals surface area contributed by atoms with Gasteiger partial charge in [0, 0.05) is 11.6 Å². The number of esters is 1. The van der Waals surface area contributed by atoms with Gasteiger partial charge in [0.1, 0.15) is 0 Å². The Balaban J connectivity index is 1.79. The lowest BCUT2D eigenvalue weighted by atomic mass is 9.96. The predicted octanol–water partition coefficient (Wildman–Crippen LogP) is 3.50. The SMILES string of the molecule is CC(C)OC(=O)C1CCN(Cc2ccc(Cl)cc2)CC1. The summed E-state index contributed by atoms with van der Waals surface area (Å²) in [4.78, 5) is 14.2. The first kappa shape index (κ1) is 15.3. The molecule has 0 amide bonds. The molecule has 1 aliphatic rings. The Labute approximate surface area is 125 Å². The average molecular weight is 296 g/mol. The van der Waals surface area contributed by atoms with Gasteiger partial charge in [0.2, 0.25) is 0 Å². The minimum Gasteiger partial charge on any atom is -0.463 e. The highest BCUT2D eigenvalue weighted by atomic mass is 35.5. The molecule has 1 heterocycles. The fourth-order valence-corrected chi connectivity index (χ4v) is 2.63. The third-order valence-electron chi connectivity index (χ3n) is 3.59. The minimum absolute atomic E-state index is 0.0189. The highest BCUT2D eigenvalue weighted by Crippen LogP contribution is 2.21. The zero-order valence-electron chi connectivity index (χ0n) is 12.1. The summed E-state index contributed by atoms with van der Waals surface area (Å²) in [6.45, 7) is 6.60. The summed E-state index contributed by atoms with van der Waals surface area (Å²) in [5.41, 5.74) is 1.26. The molecule has 110 valence electrons. The number of carbonyl (C=O) groups is 1. The molecule has 1 aromatic rings. The van der Waals surface area contributed by atoms with E-state index in [0.717, 1.165) is 37.5 Å². The van der Waals surface area contributed by atoms with Crippen LogP contribution in [0.1, 0.15) is 32.3 Å². The first-order valence-corrected chi connectivity index (χ1v) is 7.59. The van der Waals surface area contributed by atoms with Crippen LogP contribution < -0.4 is 0 Å².